The minimum absolute atomic E-state index is 0.206. The number of hydrogen-bond acceptors (Lipinski definition) is 6. The third-order valence-electron chi connectivity index (χ3n) is 5.34. The molecule has 0 spiro atoms. The summed E-state index contributed by atoms with van der Waals surface area (Å²) in [5, 5.41) is 4.90. The molecule has 1 aliphatic rings. The van der Waals surface area contributed by atoms with Crippen molar-refractivity contribution in [2.75, 3.05) is 33.3 Å². The lowest BCUT2D eigenvalue weighted by atomic mass is 10.00. The fraction of sp³-hybridized carbons (Fsp3) is 0.381. The van der Waals surface area contributed by atoms with Crippen LogP contribution in [0.4, 0.5) is 4.39 Å². The van der Waals surface area contributed by atoms with Crippen LogP contribution < -0.4 is 9.46 Å². The number of methoxy groups -OCH3 is 1. The van der Waals surface area contributed by atoms with E-state index in [-0.39, 0.29) is 10.7 Å². The van der Waals surface area contributed by atoms with Gasteiger partial charge in [0.05, 0.1) is 17.7 Å². The van der Waals surface area contributed by atoms with Crippen LogP contribution in [0.1, 0.15) is 12.1 Å². The first-order valence-electron chi connectivity index (χ1n) is 9.84. The van der Waals surface area contributed by atoms with E-state index in [1.54, 1.807) is 24.3 Å². The molecule has 1 fully saturated rings. The topological polar surface area (TPSA) is 84.7 Å². The Morgan fingerprint density at radius 1 is 1.27 bits per heavy atom. The van der Waals surface area contributed by atoms with Crippen LogP contribution in [-0.2, 0) is 16.4 Å². The number of aryl methyl sites for hydroxylation is 1. The van der Waals surface area contributed by atoms with Gasteiger partial charge in [0, 0.05) is 37.2 Å². The molecule has 0 atom stereocenters. The molecule has 2 heterocycles. The third-order valence-corrected chi connectivity index (χ3v) is 6.76. The fourth-order valence-corrected chi connectivity index (χ4v) is 4.83. The van der Waals surface area contributed by atoms with Crippen LogP contribution >= 0.6 is 0 Å². The van der Waals surface area contributed by atoms with E-state index in [0.717, 1.165) is 43.6 Å². The zero-order valence-corrected chi connectivity index (χ0v) is 17.5. The number of hydrogen-bond donors (Lipinski definition) is 1. The summed E-state index contributed by atoms with van der Waals surface area (Å²) in [4.78, 5) is 2.49. The lowest BCUT2D eigenvalue weighted by molar-refractivity contribution is 0.102. The maximum Gasteiger partial charge on any atom is 0.240 e. The van der Waals surface area contributed by atoms with Gasteiger partial charge in [0.1, 0.15) is 11.6 Å². The summed E-state index contributed by atoms with van der Waals surface area (Å²) in [5.41, 5.74) is 1.31. The summed E-state index contributed by atoms with van der Waals surface area (Å²) in [6.45, 7) is 3.01. The number of ether oxygens (including phenoxy) is 1. The predicted molar refractivity (Wildman–Crippen MR) is 110 cm³/mol. The second kappa shape index (κ2) is 8.71. The molecule has 3 aromatic rings. The lowest BCUT2D eigenvalue weighted by Crippen LogP contribution is -2.51. The van der Waals surface area contributed by atoms with Crippen molar-refractivity contribution in [2.45, 2.75) is 17.7 Å². The first-order valence-corrected chi connectivity index (χ1v) is 11.3. The molecule has 1 saturated heterocycles. The highest BCUT2D eigenvalue weighted by Crippen LogP contribution is 2.22. The number of benzene rings is 2. The summed E-state index contributed by atoms with van der Waals surface area (Å²) in [7, 11) is -2.04. The molecule has 0 unspecified atom stereocenters. The average Bonchev–Trinajstić information content (AvgIpc) is 3.11. The number of nitrogens with zero attached hydrogens (tertiary/aromatic N) is 2. The summed E-state index contributed by atoms with van der Waals surface area (Å²) < 4.78 is 51.1. The van der Waals surface area contributed by atoms with E-state index >= 15 is 0 Å². The highest BCUT2D eigenvalue weighted by molar-refractivity contribution is 7.89. The third kappa shape index (κ3) is 4.63. The lowest BCUT2D eigenvalue weighted by Gasteiger charge is -2.39. The Balaban J connectivity index is 1.20. The molecular formula is C21H24FN3O4S. The number of fused-ring (bicyclic) bond motifs is 1. The van der Waals surface area contributed by atoms with Crippen molar-refractivity contribution in [2.24, 2.45) is 5.92 Å². The summed E-state index contributed by atoms with van der Waals surface area (Å²) in [5.74, 6) is 0.470. The number of aromatic nitrogens is 1. The molecule has 1 aromatic heterocycles. The SMILES string of the molecule is COc1cccc(S(=O)(=O)NCC2CN(CCCc3noc4cc(F)ccc34)C2)c1. The van der Waals surface area contributed by atoms with Crippen LogP contribution in [0.2, 0.25) is 0 Å². The van der Waals surface area contributed by atoms with Gasteiger partial charge in [0.25, 0.3) is 0 Å². The van der Waals surface area contributed by atoms with E-state index in [9.17, 15) is 12.8 Å². The monoisotopic (exact) mass is 433 g/mol. The van der Waals surface area contributed by atoms with Crippen LogP contribution in [0.5, 0.6) is 5.75 Å². The zero-order valence-electron chi connectivity index (χ0n) is 16.7. The van der Waals surface area contributed by atoms with Crippen molar-refractivity contribution in [1.29, 1.82) is 0 Å². The number of rotatable bonds is 9. The van der Waals surface area contributed by atoms with E-state index < -0.39 is 10.0 Å². The van der Waals surface area contributed by atoms with E-state index in [0.29, 0.717) is 23.8 Å². The van der Waals surface area contributed by atoms with Crippen LogP contribution in [0.25, 0.3) is 11.0 Å². The van der Waals surface area contributed by atoms with Crippen molar-refractivity contribution in [3.8, 4) is 5.75 Å². The normalized spacial score (nSPS) is 15.4. The maximum atomic E-state index is 13.2. The van der Waals surface area contributed by atoms with Gasteiger partial charge in [-0.15, -0.1) is 0 Å². The van der Waals surface area contributed by atoms with Crippen LogP contribution in [0.3, 0.4) is 0 Å². The number of nitrogens with one attached hydrogen (secondary N) is 1. The van der Waals surface area contributed by atoms with Gasteiger partial charge in [0.2, 0.25) is 10.0 Å². The molecule has 0 radical (unpaired) electrons. The number of likely N-dealkylation sites (tertiary alicyclic amines) is 1. The largest absolute Gasteiger partial charge is 0.497 e. The van der Waals surface area contributed by atoms with Crippen molar-refractivity contribution < 1.29 is 22.1 Å². The Morgan fingerprint density at radius 3 is 2.90 bits per heavy atom. The molecule has 1 N–H and O–H groups in total. The first-order chi connectivity index (χ1) is 14.4. The molecule has 0 bridgehead atoms. The van der Waals surface area contributed by atoms with E-state index in [1.165, 1.54) is 25.3 Å². The molecule has 1 aliphatic heterocycles. The van der Waals surface area contributed by atoms with Crippen molar-refractivity contribution in [3.63, 3.8) is 0 Å². The van der Waals surface area contributed by atoms with Gasteiger partial charge in [0.15, 0.2) is 5.58 Å². The molecule has 4 rings (SSSR count). The Kier molecular flexibility index (Phi) is 6.03. The molecule has 7 nitrogen and oxygen atoms in total. The van der Waals surface area contributed by atoms with Gasteiger partial charge in [-0.25, -0.2) is 17.5 Å². The Labute approximate surface area is 174 Å². The van der Waals surface area contributed by atoms with Gasteiger partial charge in [-0.05, 0) is 49.6 Å². The van der Waals surface area contributed by atoms with Gasteiger partial charge in [-0.2, -0.15) is 0 Å². The Morgan fingerprint density at radius 2 is 2.10 bits per heavy atom. The summed E-state index contributed by atoms with van der Waals surface area (Å²) in [6.07, 6.45) is 1.66. The number of sulfonamides is 1. The van der Waals surface area contributed by atoms with Crippen molar-refractivity contribution in [1.82, 2.24) is 14.8 Å². The van der Waals surface area contributed by atoms with Gasteiger partial charge in [-0.1, -0.05) is 11.2 Å². The molecule has 0 amide bonds. The number of halogens is 1. The molecule has 2 aromatic carbocycles. The van der Waals surface area contributed by atoms with Crippen molar-refractivity contribution in [3.05, 3.63) is 54.0 Å². The molecule has 160 valence electrons. The summed E-state index contributed by atoms with van der Waals surface area (Å²) >= 11 is 0. The standard InChI is InChI=1S/C21H24FN3O4S/c1-28-17-4-2-5-18(11-17)30(26,27)23-12-15-13-25(14-15)9-3-6-20-19-8-7-16(22)10-21(19)29-24-20/h2,4-5,7-8,10-11,15,23H,3,6,9,12-14H2,1H3. The van der Waals surface area contributed by atoms with Crippen LogP contribution in [0, 0.1) is 11.7 Å². The zero-order chi connectivity index (χ0) is 21.1. The van der Waals surface area contributed by atoms with Gasteiger partial charge < -0.3 is 14.2 Å². The molecule has 9 heteroatoms. The minimum atomic E-state index is -3.55. The Bertz CT molecular complexity index is 1130. The average molecular weight is 434 g/mol. The predicted octanol–water partition coefficient (Wildman–Crippen LogP) is 2.82. The highest BCUT2D eigenvalue weighted by Gasteiger charge is 2.28. The highest BCUT2D eigenvalue weighted by atomic mass is 32.2. The van der Waals surface area contributed by atoms with Gasteiger partial charge in [-0.3, -0.25) is 0 Å². The fourth-order valence-electron chi connectivity index (χ4n) is 3.68. The maximum absolute atomic E-state index is 13.2. The van der Waals surface area contributed by atoms with Crippen LogP contribution in [-0.4, -0.2) is 51.8 Å². The quantitative estimate of drug-likeness (QED) is 0.559. The Hall–Kier alpha value is -2.49. The van der Waals surface area contributed by atoms with E-state index in [4.69, 9.17) is 9.26 Å². The molecule has 0 saturated carbocycles. The van der Waals surface area contributed by atoms with Crippen LogP contribution in [0.15, 0.2) is 51.9 Å². The minimum Gasteiger partial charge on any atom is -0.497 e. The first kappa shape index (κ1) is 20.8. The van der Waals surface area contributed by atoms with E-state index in [1.807, 2.05) is 0 Å². The second-order valence-corrected chi connectivity index (χ2v) is 9.30. The second-order valence-electron chi connectivity index (χ2n) is 7.53. The molecule has 30 heavy (non-hydrogen) atoms. The molecular weight excluding hydrogens is 409 g/mol. The summed E-state index contributed by atoms with van der Waals surface area (Å²) in [6, 6.07) is 10.9. The smallest absolute Gasteiger partial charge is 0.240 e. The molecule has 0 aliphatic carbocycles. The van der Waals surface area contributed by atoms with E-state index in [2.05, 4.69) is 14.8 Å². The van der Waals surface area contributed by atoms with Gasteiger partial charge >= 0.3 is 0 Å². The van der Waals surface area contributed by atoms with Crippen molar-refractivity contribution >= 4 is 21.0 Å².